The minimum atomic E-state index is -0.646. The molecule has 1 amide bonds. The number of fused-ring (bicyclic) bond motifs is 1. The molecule has 0 bridgehead atoms. The Kier molecular flexibility index (Phi) is 4.94. The van der Waals surface area contributed by atoms with E-state index in [1.807, 2.05) is 18.2 Å². The predicted molar refractivity (Wildman–Crippen MR) is 107 cm³/mol. The molecular weight excluding hydrogens is 365 g/mol. The lowest BCUT2D eigenvalue weighted by Gasteiger charge is -2.30. The molecule has 2 heterocycles. The SMILES string of the molecule is O=C(Nc1ccc(N2CCCCC2)c2ccncc12)c1c(F)cccc1Cl. The van der Waals surface area contributed by atoms with Crippen molar-refractivity contribution < 1.29 is 9.18 Å². The van der Waals surface area contributed by atoms with Crippen LogP contribution in [0.2, 0.25) is 5.02 Å². The van der Waals surface area contributed by atoms with Crippen LogP contribution in [0.25, 0.3) is 10.8 Å². The zero-order valence-electron chi connectivity index (χ0n) is 14.7. The van der Waals surface area contributed by atoms with Crippen LogP contribution in [0.15, 0.2) is 48.8 Å². The van der Waals surface area contributed by atoms with Crippen LogP contribution in [-0.2, 0) is 0 Å². The van der Waals surface area contributed by atoms with Crippen molar-refractivity contribution >= 4 is 39.7 Å². The van der Waals surface area contributed by atoms with Crippen LogP contribution in [-0.4, -0.2) is 24.0 Å². The van der Waals surface area contributed by atoms with Gasteiger partial charge in [-0.05, 0) is 49.6 Å². The minimum absolute atomic E-state index is 0.0832. The Morgan fingerprint density at radius 2 is 1.89 bits per heavy atom. The van der Waals surface area contributed by atoms with Crippen molar-refractivity contribution in [2.24, 2.45) is 0 Å². The van der Waals surface area contributed by atoms with Gasteiger partial charge in [-0.2, -0.15) is 0 Å². The zero-order chi connectivity index (χ0) is 18.8. The van der Waals surface area contributed by atoms with E-state index in [0.717, 1.165) is 29.5 Å². The Morgan fingerprint density at radius 1 is 1.07 bits per heavy atom. The van der Waals surface area contributed by atoms with Gasteiger partial charge in [0, 0.05) is 41.9 Å². The van der Waals surface area contributed by atoms with Gasteiger partial charge in [0.1, 0.15) is 5.82 Å². The number of anilines is 2. The number of hydrogen-bond acceptors (Lipinski definition) is 3. The molecule has 27 heavy (non-hydrogen) atoms. The van der Waals surface area contributed by atoms with Crippen molar-refractivity contribution in [3.8, 4) is 0 Å². The van der Waals surface area contributed by atoms with E-state index in [1.54, 1.807) is 12.4 Å². The maximum absolute atomic E-state index is 14.1. The number of benzene rings is 2. The molecule has 1 aliphatic rings. The average Bonchev–Trinajstić information content (AvgIpc) is 2.69. The number of nitrogens with one attached hydrogen (secondary N) is 1. The van der Waals surface area contributed by atoms with Crippen LogP contribution >= 0.6 is 11.6 Å². The van der Waals surface area contributed by atoms with Gasteiger partial charge < -0.3 is 10.2 Å². The molecule has 2 aromatic carbocycles. The molecule has 3 aromatic rings. The lowest BCUT2D eigenvalue weighted by atomic mass is 10.0. The predicted octanol–water partition coefficient (Wildman–Crippen LogP) is 5.27. The Bertz CT molecular complexity index is 982. The number of piperidine rings is 1. The van der Waals surface area contributed by atoms with E-state index < -0.39 is 11.7 Å². The average molecular weight is 384 g/mol. The van der Waals surface area contributed by atoms with Crippen molar-refractivity contribution in [2.75, 3.05) is 23.3 Å². The molecule has 1 fully saturated rings. The normalized spacial score (nSPS) is 14.4. The van der Waals surface area contributed by atoms with E-state index in [-0.39, 0.29) is 10.6 Å². The molecule has 6 heteroatoms. The highest BCUT2D eigenvalue weighted by Crippen LogP contribution is 2.33. The Balaban J connectivity index is 1.72. The highest BCUT2D eigenvalue weighted by Gasteiger charge is 2.19. The molecule has 138 valence electrons. The fourth-order valence-electron chi connectivity index (χ4n) is 3.59. The van der Waals surface area contributed by atoms with Crippen molar-refractivity contribution in [3.63, 3.8) is 0 Å². The van der Waals surface area contributed by atoms with E-state index in [0.29, 0.717) is 5.69 Å². The van der Waals surface area contributed by atoms with E-state index >= 15 is 0 Å². The maximum atomic E-state index is 14.1. The summed E-state index contributed by atoms with van der Waals surface area (Å²) in [6.45, 7) is 2.04. The van der Waals surface area contributed by atoms with Crippen molar-refractivity contribution in [1.82, 2.24) is 4.98 Å². The molecule has 0 radical (unpaired) electrons. The van der Waals surface area contributed by atoms with E-state index in [4.69, 9.17) is 11.6 Å². The maximum Gasteiger partial charge on any atom is 0.260 e. The monoisotopic (exact) mass is 383 g/mol. The van der Waals surface area contributed by atoms with Gasteiger partial charge in [0.2, 0.25) is 0 Å². The molecule has 0 saturated carbocycles. The minimum Gasteiger partial charge on any atom is -0.371 e. The van der Waals surface area contributed by atoms with Crippen LogP contribution in [0.5, 0.6) is 0 Å². The van der Waals surface area contributed by atoms with Crippen LogP contribution < -0.4 is 10.2 Å². The van der Waals surface area contributed by atoms with Gasteiger partial charge >= 0.3 is 0 Å². The molecular formula is C21H19ClFN3O. The van der Waals surface area contributed by atoms with Gasteiger partial charge in [-0.1, -0.05) is 17.7 Å². The molecule has 1 aliphatic heterocycles. The third-order valence-corrected chi connectivity index (χ3v) is 5.24. The third-order valence-electron chi connectivity index (χ3n) is 4.93. The number of rotatable bonds is 3. The highest BCUT2D eigenvalue weighted by molar-refractivity contribution is 6.34. The fourth-order valence-corrected chi connectivity index (χ4v) is 3.84. The van der Waals surface area contributed by atoms with E-state index in [2.05, 4.69) is 15.2 Å². The summed E-state index contributed by atoms with van der Waals surface area (Å²) in [7, 11) is 0. The molecule has 0 aliphatic carbocycles. The van der Waals surface area contributed by atoms with E-state index in [9.17, 15) is 9.18 Å². The Labute approximate surface area is 162 Å². The summed E-state index contributed by atoms with van der Waals surface area (Å²) < 4.78 is 14.1. The second kappa shape index (κ2) is 7.53. The fraction of sp³-hybridized carbons (Fsp3) is 0.238. The first-order valence-corrected chi connectivity index (χ1v) is 9.40. The summed E-state index contributed by atoms with van der Waals surface area (Å²) in [5, 5.41) is 4.71. The molecule has 1 saturated heterocycles. The Morgan fingerprint density at radius 3 is 2.67 bits per heavy atom. The van der Waals surface area contributed by atoms with Crippen molar-refractivity contribution in [2.45, 2.75) is 19.3 Å². The molecule has 4 nitrogen and oxygen atoms in total. The quantitative estimate of drug-likeness (QED) is 0.670. The van der Waals surface area contributed by atoms with E-state index in [1.165, 1.54) is 37.5 Å². The molecule has 0 spiro atoms. The van der Waals surface area contributed by atoms with Gasteiger partial charge in [0.15, 0.2) is 0 Å². The first-order chi connectivity index (χ1) is 13.1. The van der Waals surface area contributed by atoms with Gasteiger partial charge in [0.05, 0.1) is 16.3 Å². The molecule has 1 aromatic heterocycles. The lowest BCUT2D eigenvalue weighted by molar-refractivity contribution is 0.102. The van der Waals surface area contributed by atoms with Crippen molar-refractivity contribution in [3.05, 3.63) is 65.2 Å². The Hall–Kier alpha value is -2.66. The van der Waals surface area contributed by atoms with Crippen LogP contribution in [0.1, 0.15) is 29.6 Å². The lowest BCUT2D eigenvalue weighted by Crippen LogP contribution is -2.29. The first kappa shape index (κ1) is 17.7. The van der Waals surface area contributed by atoms with Gasteiger partial charge in [0.25, 0.3) is 5.91 Å². The standard InChI is InChI=1S/C21H19ClFN3O/c22-16-5-4-6-17(23)20(16)21(27)25-18-7-8-19(26-11-2-1-3-12-26)14-9-10-24-13-15(14)18/h4-10,13H,1-3,11-12H2,(H,25,27). The largest absolute Gasteiger partial charge is 0.371 e. The van der Waals surface area contributed by atoms with Crippen molar-refractivity contribution in [1.29, 1.82) is 0 Å². The summed E-state index contributed by atoms with van der Waals surface area (Å²) >= 11 is 6.02. The van der Waals surface area contributed by atoms with Gasteiger partial charge in [-0.3, -0.25) is 9.78 Å². The molecule has 4 rings (SSSR count). The van der Waals surface area contributed by atoms with Crippen LogP contribution in [0, 0.1) is 5.82 Å². The summed E-state index contributed by atoms with van der Waals surface area (Å²) in [5.74, 6) is -1.22. The third kappa shape index (κ3) is 3.47. The number of hydrogen-bond donors (Lipinski definition) is 1. The molecule has 0 unspecified atom stereocenters. The number of carbonyl (C=O) groups excluding carboxylic acids is 1. The zero-order valence-corrected chi connectivity index (χ0v) is 15.5. The second-order valence-electron chi connectivity index (χ2n) is 6.65. The van der Waals surface area contributed by atoms with Gasteiger partial charge in [-0.25, -0.2) is 4.39 Å². The number of aromatic nitrogens is 1. The van der Waals surface area contributed by atoms with Gasteiger partial charge in [-0.15, -0.1) is 0 Å². The second-order valence-corrected chi connectivity index (χ2v) is 7.06. The number of nitrogens with zero attached hydrogens (tertiary/aromatic N) is 2. The number of halogens is 2. The van der Waals surface area contributed by atoms with Crippen LogP contribution in [0.4, 0.5) is 15.8 Å². The molecule has 1 N–H and O–H groups in total. The summed E-state index contributed by atoms with van der Waals surface area (Å²) in [5.41, 5.74) is 1.56. The number of amides is 1. The van der Waals surface area contributed by atoms with Crippen LogP contribution in [0.3, 0.4) is 0 Å². The summed E-state index contributed by atoms with van der Waals surface area (Å²) in [4.78, 5) is 19.2. The summed E-state index contributed by atoms with van der Waals surface area (Å²) in [6, 6.07) is 10.00. The highest BCUT2D eigenvalue weighted by atomic mass is 35.5. The molecule has 0 atom stereocenters. The topological polar surface area (TPSA) is 45.2 Å². The summed E-state index contributed by atoms with van der Waals surface area (Å²) in [6.07, 6.45) is 7.08. The smallest absolute Gasteiger partial charge is 0.260 e. The number of pyridine rings is 1. The first-order valence-electron chi connectivity index (χ1n) is 9.02. The number of carbonyl (C=O) groups is 1.